The van der Waals surface area contributed by atoms with E-state index in [0.29, 0.717) is 30.2 Å². The number of carbonyl (C=O) groups is 1. The minimum atomic E-state index is -0.327. The summed E-state index contributed by atoms with van der Waals surface area (Å²) in [7, 11) is 0. The molecule has 4 rings (SSSR count). The van der Waals surface area contributed by atoms with Crippen molar-refractivity contribution in [3.05, 3.63) is 89.2 Å². The van der Waals surface area contributed by atoms with Crippen molar-refractivity contribution in [2.75, 3.05) is 5.32 Å². The Kier molecular flexibility index (Phi) is 4.91. The maximum absolute atomic E-state index is 12.7. The highest BCUT2D eigenvalue weighted by molar-refractivity contribution is 6.33. The predicted molar refractivity (Wildman–Crippen MR) is 102 cm³/mol. The lowest BCUT2D eigenvalue weighted by molar-refractivity contribution is 0.0929. The summed E-state index contributed by atoms with van der Waals surface area (Å²) in [6.07, 6.45) is 3.36. The summed E-state index contributed by atoms with van der Waals surface area (Å²) in [6.45, 7) is 0.793. The first kappa shape index (κ1) is 17.3. The summed E-state index contributed by atoms with van der Waals surface area (Å²) < 4.78 is 12.5. The van der Waals surface area contributed by atoms with Gasteiger partial charge in [-0.05, 0) is 42.0 Å². The van der Waals surface area contributed by atoms with Crippen LogP contribution in [-0.4, -0.2) is 15.3 Å². The third kappa shape index (κ3) is 3.86. The number of nitrogens with zero attached hydrogens (tertiary/aromatic N) is 2. The molecule has 0 spiro atoms. The Balaban J connectivity index is 1.46. The summed E-state index contributed by atoms with van der Waals surface area (Å²) in [5, 5.41) is 3.03. The predicted octanol–water partition coefficient (Wildman–Crippen LogP) is 4.55. The smallest absolute Gasteiger partial charge is 0.275 e. The Morgan fingerprint density at radius 3 is 2.93 bits per heavy atom. The number of halogens is 1. The molecule has 1 aromatic carbocycles. The van der Waals surface area contributed by atoms with Crippen LogP contribution >= 0.6 is 11.6 Å². The molecule has 0 unspecified atom stereocenters. The molecule has 0 radical (unpaired) electrons. The summed E-state index contributed by atoms with van der Waals surface area (Å²) in [6, 6.07) is 16.6. The number of hydrogen-bond acceptors (Lipinski definition) is 4. The minimum Gasteiger partial charge on any atom is -0.467 e. The number of hydrogen-bond donors (Lipinski definition) is 1. The van der Waals surface area contributed by atoms with Gasteiger partial charge in [-0.25, -0.2) is 4.98 Å². The van der Waals surface area contributed by atoms with Gasteiger partial charge in [0.2, 0.25) is 0 Å². The summed E-state index contributed by atoms with van der Waals surface area (Å²) in [5.41, 5.74) is 2.50. The number of anilines is 1. The van der Waals surface area contributed by atoms with E-state index in [0.717, 1.165) is 11.3 Å². The molecular weight excluding hydrogens is 366 g/mol. The third-order valence-electron chi connectivity index (χ3n) is 3.98. The van der Waals surface area contributed by atoms with E-state index in [-0.39, 0.29) is 11.1 Å². The van der Waals surface area contributed by atoms with Crippen molar-refractivity contribution in [3.8, 4) is 0 Å². The molecule has 1 amide bonds. The number of nitrogens with one attached hydrogen (secondary N) is 1. The van der Waals surface area contributed by atoms with Gasteiger partial charge < -0.3 is 14.5 Å². The van der Waals surface area contributed by atoms with Crippen LogP contribution in [0.3, 0.4) is 0 Å². The van der Waals surface area contributed by atoms with Crippen molar-refractivity contribution < 1.29 is 13.9 Å². The Labute approximate surface area is 160 Å². The molecule has 0 fully saturated rings. The van der Waals surface area contributed by atoms with Crippen LogP contribution in [0.15, 0.2) is 71.5 Å². The number of pyridine rings is 1. The maximum Gasteiger partial charge on any atom is 0.275 e. The van der Waals surface area contributed by atoms with Crippen LogP contribution in [-0.2, 0) is 18.0 Å². The van der Waals surface area contributed by atoms with Crippen LogP contribution < -0.4 is 5.32 Å². The van der Waals surface area contributed by atoms with Gasteiger partial charge in [0.1, 0.15) is 18.0 Å². The number of amides is 1. The van der Waals surface area contributed by atoms with Crippen molar-refractivity contribution in [3.63, 3.8) is 0 Å². The van der Waals surface area contributed by atoms with Crippen molar-refractivity contribution in [2.24, 2.45) is 0 Å². The van der Waals surface area contributed by atoms with E-state index in [1.54, 1.807) is 22.9 Å². The van der Waals surface area contributed by atoms with Gasteiger partial charge in [-0.15, -0.1) is 0 Å². The zero-order chi connectivity index (χ0) is 18.6. The molecule has 4 aromatic rings. The number of ether oxygens (including phenoxy) is 1. The molecule has 27 heavy (non-hydrogen) atoms. The maximum atomic E-state index is 12.7. The topological polar surface area (TPSA) is 68.8 Å². The molecule has 3 aromatic heterocycles. The highest BCUT2D eigenvalue weighted by atomic mass is 35.5. The van der Waals surface area contributed by atoms with Crippen molar-refractivity contribution in [1.82, 2.24) is 9.38 Å². The molecule has 7 heteroatoms. The first-order valence-corrected chi connectivity index (χ1v) is 8.71. The lowest BCUT2D eigenvalue weighted by Gasteiger charge is -2.08. The molecule has 1 N–H and O–H groups in total. The van der Waals surface area contributed by atoms with Crippen LogP contribution in [0.1, 0.15) is 21.8 Å². The molecule has 0 saturated heterocycles. The van der Waals surface area contributed by atoms with Gasteiger partial charge in [-0.3, -0.25) is 9.20 Å². The van der Waals surface area contributed by atoms with E-state index in [1.165, 1.54) is 0 Å². The standard InChI is InChI=1S/C20H16ClN3O3/c21-19-18(24-9-2-1-8-17(24)23-19)20(25)22-15-6-3-5-14(11-15)12-26-13-16-7-4-10-27-16/h1-11H,12-13H2,(H,22,25). The zero-order valence-electron chi connectivity index (χ0n) is 14.3. The fraction of sp³-hybridized carbons (Fsp3) is 0.100. The van der Waals surface area contributed by atoms with E-state index in [1.807, 2.05) is 48.5 Å². The number of imidazole rings is 1. The normalized spacial score (nSPS) is 11.0. The average molecular weight is 382 g/mol. The van der Waals surface area contributed by atoms with Crippen molar-refractivity contribution >= 4 is 28.8 Å². The van der Waals surface area contributed by atoms with Gasteiger partial charge in [0, 0.05) is 11.9 Å². The molecule has 3 heterocycles. The quantitative estimate of drug-likeness (QED) is 0.532. The fourth-order valence-corrected chi connectivity index (χ4v) is 3.03. The van der Waals surface area contributed by atoms with Gasteiger partial charge >= 0.3 is 0 Å². The number of furan rings is 1. The second kappa shape index (κ2) is 7.65. The summed E-state index contributed by atoms with van der Waals surface area (Å²) in [4.78, 5) is 16.9. The Morgan fingerprint density at radius 2 is 2.07 bits per heavy atom. The number of aromatic nitrogens is 2. The Bertz CT molecular complexity index is 1070. The molecular formula is C20H16ClN3O3. The van der Waals surface area contributed by atoms with Gasteiger partial charge in [0.15, 0.2) is 10.8 Å². The van der Waals surface area contributed by atoms with Crippen molar-refractivity contribution in [2.45, 2.75) is 13.2 Å². The van der Waals surface area contributed by atoms with Gasteiger partial charge in [0.25, 0.3) is 5.91 Å². The van der Waals surface area contributed by atoms with E-state index in [2.05, 4.69) is 10.3 Å². The van der Waals surface area contributed by atoms with E-state index in [9.17, 15) is 4.79 Å². The van der Waals surface area contributed by atoms with E-state index >= 15 is 0 Å². The second-order valence-electron chi connectivity index (χ2n) is 5.91. The summed E-state index contributed by atoms with van der Waals surface area (Å²) >= 11 is 6.16. The first-order valence-electron chi connectivity index (χ1n) is 8.34. The van der Waals surface area contributed by atoms with Crippen LogP contribution in [0.4, 0.5) is 5.69 Å². The van der Waals surface area contributed by atoms with Gasteiger partial charge in [-0.2, -0.15) is 0 Å². The minimum absolute atomic E-state index is 0.164. The lowest BCUT2D eigenvalue weighted by atomic mass is 10.2. The largest absolute Gasteiger partial charge is 0.467 e. The van der Waals surface area contributed by atoms with Crippen LogP contribution in [0.2, 0.25) is 5.15 Å². The number of fused-ring (bicyclic) bond motifs is 1. The fourth-order valence-electron chi connectivity index (χ4n) is 2.76. The SMILES string of the molecule is O=C(Nc1cccc(COCc2ccco2)c1)c1c(Cl)nc2ccccn12. The average Bonchev–Trinajstić information content (AvgIpc) is 3.28. The van der Waals surface area contributed by atoms with Crippen molar-refractivity contribution in [1.29, 1.82) is 0 Å². The Morgan fingerprint density at radius 1 is 1.15 bits per heavy atom. The van der Waals surface area contributed by atoms with Gasteiger partial charge in [-0.1, -0.05) is 29.8 Å². The molecule has 0 atom stereocenters. The summed E-state index contributed by atoms with van der Waals surface area (Å²) in [5.74, 6) is 0.439. The monoisotopic (exact) mass is 381 g/mol. The molecule has 0 aliphatic heterocycles. The molecule has 0 saturated carbocycles. The van der Waals surface area contributed by atoms with Crippen LogP contribution in [0, 0.1) is 0 Å². The Hall–Kier alpha value is -3.09. The van der Waals surface area contributed by atoms with Crippen LogP contribution in [0.25, 0.3) is 5.65 Å². The molecule has 0 aliphatic rings. The lowest BCUT2D eigenvalue weighted by Crippen LogP contribution is -2.15. The van der Waals surface area contributed by atoms with Gasteiger partial charge in [0.05, 0.1) is 12.9 Å². The zero-order valence-corrected chi connectivity index (χ0v) is 15.0. The first-order chi connectivity index (χ1) is 13.2. The second-order valence-corrected chi connectivity index (χ2v) is 6.26. The third-order valence-corrected chi connectivity index (χ3v) is 4.24. The molecule has 6 nitrogen and oxygen atoms in total. The highest BCUT2D eigenvalue weighted by Crippen LogP contribution is 2.20. The van der Waals surface area contributed by atoms with Crippen LogP contribution in [0.5, 0.6) is 0 Å². The number of carbonyl (C=O) groups excluding carboxylic acids is 1. The van der Waals surface area contributed by atoms with E-state index < -0.39 is 0 Å². The number of rotatable bonds is 6. The van der Waals surface area contributed by atoms with E-state index in [4.69, 9.17) is 20.8 Å². The molecule has 0 bridgehead atoms. The molecule has 136 valence electrons. The molecule has 0 aliphatic carbocycles. The highest BCUT2D eigenvalue weighted by Gasteiger charge is 2.18. The number of benzene rings is 1.